The van der Waals surface area contributed by atoms with Gasteiger partial charge in [0.05, 0.1) is 11.3 Å². The topological polar surface area (TPSA) is 48.7 Å². The van der Waals surface area contributed by atoms with Crippen molar-refractivity contribution in [3.05, 3.63) is 53.1 Å². The summed E-state index contributed by atoms with van der Waals surface area (Å²) in [4.78, 5) is 3.44. The van der Waals surface area contributed by atoms with E-state index in [1.807, 2.05) is 6.07 Å². The molecule has 1 aromatic carbocycles. The van der Waals surface area contributed by atoms with Crippen molar-refractivity contribution in [1.29, 1.82) is 5.26 Å². The molecule has 0 unspecified atom stereocenters. The first-order valence-corrected chi connectivity index (χ1v) is 5.15. The van der Waals surface area contributed by atoms with Gasteiger partial charge in [0.25, 0.3) is 0 Å². The first kappa shape index (κ1) is 11.4. The quantitative estimate of drug-likeness (QED) is 0.827. The highest BCUT2D eigenvalue weighted by atomic mass is 35.5. The van der Waals surface area contributed by atoms with Crippen LogP contribution in [0.3, 0.4) is 0 Å². The predicted octanol–water partition coefficient (Wildman–Crippen LogP) is 3.49. The maximum Gasteiger partial charge on any atom is 0.214 e. The van der Waals surface area contributed by atoms with Gasteiger partial charge in [-0.3, -0.25) is 0 Å². The van der Waals surface area contributed by atoms with Crippen molar-refractivity contribution in [2.24, 2.45) is 0 Å². The zero-order chi connectivity index (χ0) is 12.3. The Bertz CT molecular complexity index is 593. The van der Waals surface area contributed by atoms with E-state index in [9.17, 15) is 4.39 Å². The van der Waals surface area contributed by atoms with E-state index in [-0.39, 0.29) is 0 Å². The second-order valence-electron chi connectivity index (χ2n) is 3.29. The second kappa shape index (κ2) is 4.81. The lowest BCUT2D eigenvalue weighted by molar-refractivity contribution is 0.584. The Labute approximate surface area is 102 Å². The van der Waals surface area contributed by atoms with E-state index in [1.165, 1.54) is 12.3 Å². The highest BCUT2D eigenvalue weighted by Crippen LogP contribution is 2.24. The molecule has 0 aliphatic rings. The number of rotatable bonds is 2. The average molecular weight is 248 g/mol. The van der Waals surface area contributed by atoms with Crippen LogP contribution in [0.25, 0.3) is 0 Å². The molecule has 17 heavy (non-hydrogen) atoms. The van der Waals surface area contributed by atoms with Crippen molar-refractivity contribution in [3.8, 4) is 6.07 Å². The third-order valence-corrected chi connectivity index (χ3v) is 2.34. The molecule has 0 radical (unpaired) electrons. The Morgan fingerprint density at radius 1 is 1.29 bits per heavy atom. The first-order valence-electron chi connectivity index (χ1n) is 4.77. The molecule has 0 fully saturated rings. The fraction of sp³-hybridized carbons (Fsp3) is 0. The van der Waals surface area contributed by atoms with Gasteiger partial charge in [-0.2, -0.15) is 9.65 Å². The Balaban J connectivity index is 2.36. The van der Waals surface area contributed by atoms with E-state index in [4.69, 9.17) is 16.9 Å². The van der Waals surface area contributed by atoms with E-state index in [2.05, 4.69) is 10.3 Å². The summed E-state index contributed by atoms with van der Waals surface area (Å²) in [5.74, 6) is -0.587. The van der Waals surface area contributed by atoms with Crippen molar-refractivity contribution >= 4 is 23.0 Å². The van der Waals surface area contributed by atoms with Crippen LogP contribution in [-0.2, 0) is 0 Å². The highest BCUT2D eigenvalue weighted by molar-refractivity contribution is 6.30. The number of hydrogen-bond donors (Lipinski definition) is 1. The van der Waals surface area contributed by atoms with Crippen molar-refractivity contribution in [1.82, 2.24) is 4.98 Å². The number of aromatic nitrogens is 1. The summed E-state index contributed by atoms with van der Waals surface area (Å²) in [6.45, 7) is 0. The Morgan fingerprint density at radius 3 is 2.82 bits per heavy atom. The van der Waals surface area contributed by atoms with Crippen molar-refractivity contribution in [2.45, 2.75) is 0 Å². The summed E-state index contributed by atoms with van der Waals surface area (Å²) in [6, 6.07) is 9.70. The first-order chi connectivity index (χ1) is 8.19. The molecule has 5 heteroatoms. The molecule has 0 saturated carbocycles. The summed E-state index contributed by atoms with van der Waals surface area (Å²) >= 11 is 5.84. The second-order valence-corrected chi connectivity index (χ2v) is 3.73. The number of nitrogens with zero attached hydrogens (tertiary/aromatic N) is 2. The van der Waals surface area contributed by atoms with Crippen LogP contribution in [0.2, 0.25) is 5.02 Å². The molecular formula is C12H7ClFN3. The average Bonchev–Trinajstić information content (AvgIpc) is 2.29. The smallest absolute Gasteiger partial charge is 0.214 e. The van der Waals surface area contributed by atoms with Gasteiger partial charge in [-0.25, -0.2) is 4.98 Å². The number of hydrogen-bond acceptors (Lipinski definition) is 3. The summed E-state index contributed by atoms with van der Waals surface area (Å²) < 4.78 is 12.9. The Hall–Kier alpha value is -2.12. The number of nitriles is 1. The van der Waals surface area contributed by atoms with Gasteiger partial charge in [-0.15, -0.1) is 0 Å². The van der Waals surface area contributed by atoms with Gasteiger partial charge in [0.15, 0.2) is 0 Å². The third-order valence-electron chi connectivity index (χ3n) is 2.11. The minimum Gasteiger partial charge on any atom is -0.354 e. The van der Waals surface area contributed by atoms with Crippen molar-refractivity contribution in [3.63, 3.8) is 0 Å². The molecule has 2 rings (SSSR count). The molecule has 0 saturated heterocycles. The maximum atomic E-state index is 12.9. The van der Waals surface area contributed by atoms with E-state index in [0.717, 1.165) is 0 Å². The number of anilines is 2. The molecule has 0 aliphatic carbocycles. The monoisotopic (exact) mass is 247 g/mol. The Morgan fingerprint density at radius 2 is 2.12 bits per heavy atom. The summed E-state index contributed by atoms with van der Waals surface area (Å²) in [6.07, 6.45) is 1.34. The molecule has 3 nitrogen and oxygen atoms in total. The zero-order valence-electron chi connectivity index (χ0n) is 8.61. The van der Waals surface area contributed by atoms with E-state index < -0.39 is 5.95 Å². The molecule has 0 aliphatic heterocycles. The maximum absolute atomic E-state index is 12.9. The van der Waals surface area contributed by atoms with Crippen LogP contribution in [0.5, 0.6) is 0 Å². The standard InChI is InChI=1S/C12H7ClFN3/c13-9-2-1-8(7-15)11(5-9)17-10-3-4-16-12(14)6-10/h1-6H,(H,16,17). The van der Waals surface area contributed by atoms with E-state index in [1.54, 1.807) is 24.3 Å². The number of pyridine rings is 1. The highest BCUT2D eigenvalue weighted by Gasteiger charge is 2.04. The molecule has 84 valence electrons. The molecule has 1 N–H and O–H groups in total. The lowest BCUT2D eigenvalue weighted by Gasteiger charge is -2.08. The lowest BCUT2D eigenvalue weighted by Crippen LogP contribution is -1.95. The fourth-order valence-corrected chi connectivity index (χ4v) is 1.53. The van der Waals surface area contributed by atoms with Gasteiger partial charge in [-0.05, 0) is 24.3 Å². The van der Waals surface area contributed by atoms with Gasteiger partial charge in [0, 0.05) is 23.0 Å². The minimum atomic E-state index is -0.587. The van der Waals surface area contributed by atoms with Crippen LogP contribution in [0, 0.1) is 17.3 Å². The molecule has 1 aromatic heterocycles. The van der Waals surface area contributed by atoms with Gasteiger partial charge in [0.2, 0.25) is 5.95 Å². The van der Waals surface area contributed by atoms with E-state index in [0.29, 0.717) is 22.0 Å². The molecule has 0 spiro atoms. The molecule has 0 atom stereocenters. The summed E-state index contributed by atoms with van der Waals surface area (Å²) in [5, 5.41) is 12.3. The summed E-state index contributed by atoms with van der Waals surface area (Å²) in [5.41, 5.74) is 1.48. The van der Waals surface area contributed by atoms with Crippen LogP contribution in [0.1, 0.15) is 5.56 Å². The molecule has 2 aromatic rings. The fourth-order valence-electron chi connectivity index (χ4n) is 1.35. The normalized spacial score (nSPS) is 9.71. The van der Waals surface area contributed by atoms with Crippen molar-refractivity contribution in [2.75, 3.05) is 5.32 Å². The van der Waals surface area contributed by atoms with Gasteiger partial charge >= 0.3 is 0 Å². The predicted molar refractivity (Wildman–Crippen MR) is 63.6 cm³/mol. The van der Waals surface area contributed by atoms with Crippen LogP contribution in [0.4, 0.5) is 15.8 Å². The third kappa shape index (κ3) is 2.71. The molecule has 0 bridgehead atoms. The number of nitrogens with one attached hydrogen (secondary N) is 1. The van der Waals surface area contributed by atoms with Gasteiger partial charge < -0.3 is 5.32 Å². The SMILES string of the molecule is N#Cc1ccc(Cl)cc1Nc1ccnc(F)c1. The minimum absolute atomic E-state index is 0.437. The Kier molecular flexibility index (Phi) is 3.22. The van der Waals surface area contributed by atoms with Crippen LogP contribution < -0.4 is 5.32 Å². The number of halogens is 2. The van der Waals surface area contributed by atoms with Crippen LogP contribution >= 0.6 is 11.6 Å². The lowest BCUT2D eigenvalue weighted by atomic mass is 10.2. The molecule has 1 heterocycles. The van der Waals surface area contributed by atoms with Crippen molar-refractivity contribution < 1.29 is 4.39 Å². The molecular weight excluding hydrogens is 241 g/mol. The van der Waals surface area contributed by atoms with Gasteiger partial charge in [-0.1, -0.05) is 11.6 Å². The van der Waals surface area contributed by atoms with Crippen LogP contribution in [0.15, 0.2) is 36.5 Å². The zero-order valence-corrected chi connectivity index (χ0v) is 9.37. The largest absolute Gasteiger partial charge is 0.354 e. The van der Waals surface area contributed by atoms with Gasteiger partial charge in [0.1, 0.15) is 6.07 Å². The summed E-state index contributed by atoms with van der Waals surface area (Å²) in [7, 11) is 0. The van der Waals surface area contributed by atoms with Crippen LogP contribution in [-0.4, -0.2) is 4.98 Å². The van der Waals surface area contributed by atoms with E-state index >= 15 is 0 Å². The number of benzene rings is 1. The molecule has 0 amide bonds.